The summed E-state index contributed by atoms with van der Waals surface area (Å²) in [5.41, 5.74) is 9.07. The summed E-state index contributed by atoms with van der Waals surface area (Å²) < 4.78 is 5.79. The Balaban J connectivity index is 2.28. The Morgan fingerprint density at radius 3 is 2.71 bits per heavy atom. The van der Waals surface area contributed by atoms with Crippen LogP contribution in [0.2, 0.25) is 0 Å². The van der Waals surface area contributed by atoms with Crippen molar-refractivity contribution in [1.82, 2.24) is 4.98 Å². The van der Waals surface area contributed by atoms with Crippen molar-refractivity contribution in [2.75, 3.05) is 0 Å². The van der Waals surface area contributed by atoms with E-state index in [0.717, 1.165) is 17.1 Å². The van der Waals surface area contributed by atoms with E-state index in [4.69, 9.17) is 10.5 Å². The van der Waals surface area contributed by atoms with E-state index >= 15 is 0 Å². The molecule has 3 nitrogen and oxygen atoms in total. The van der Waals surface area contributed by atoms with E-state index in [2.05, 4.69) is 18.8 Å². The molecule has 0 radical (unpaired) electrons. The van der Waals surface area contributed by atoms with Gasteiger partial charge in [0, 0.05) is 18.3 Å². The fourth-order valence-corrected chi connectivity index (χ4v) is 1.57. The van der Waals surface area contributed by atoms with Crippen LogP contribution >= 0.6 is 0 Å². The van der Waals surface area contributed by atoms with Gasteiger partial charge in [-0.05, 0) is 43.2 Å². The second-order valence-corrected chi connectivity index (χ2v) is 4.04. The minimum atomic E-state index is 0.447. The van der Waals surface area contributed by atoms with Crippen LogP contribution in [-0.4, -0.2) is 4.98 Å². The average molecular weight is 228 g/mol. The van der Waals surface area contributed by atoms with Gasteiger partial charge in [-0.3, -0.25) is 4.98 Å². The molecule has 0 aliphatic rings. The third-order valence-electron chi connectivity index (χ3n) is 2.80. The van der Waals surface area contributed by atoms with Crippen LogP contribution in [0.5, 0.6) is 11.5 Å². The zero-order chi connectivity index (χ0) is 12.3. The summed E-state index contributed by atoms with van der Waals surface area (Å²) in [6.45, 7) is 4.59. The molecule has 0 atom stereocenters. The number of nitrogens with two attached hydrogens (primary N) is 1. The molecule has 0 unspecified atom stereocenters. The Labute approximate surface area is 101 Å². The van der Waals surface area contributed by atoms with Gasteiger partial charge in [0.1, 0.15) is 11.5 Å². The summed E-state index contributed by atoms with van der Waals surface area (Å²) >= 11 is 0. The second-order valence-electron chi connectivity index (χ2n) is 4.04. The Bertz CT molecular complexity index is 523. The number of benzene rings is 1. The minimum Gasteiger partial charge on any atom is -0.455 e. The Hall–Kier alpha value is -1.87. The Morgan fingerprint density at radius 1 is 1.18 bits per heavy atom. The maximum Gasteiger partial charge on any atom is 0.150 e. The van der Waals surface area contributed by atoms with Crippen molar-refractivity contribution >= 4 is 0 Å². The summed E-state index contributed by atoms with van der Waals surface area (Å²) in [6.07, 6.45) is 3.41. The molecule has 3 heteroatoms. The molecule has 0 aliphatic carbocycles. The standard InChI is InChI=1S/C14H16N2O/c1-10-3-4-13(7-11(10)2)17-14-9-16-6-5-12(14)8-15/h3-7,9H,8,15H2,1-2H3. The highest BCUT2D eigenvalue weighted by molar-refractivity contribution is 5.39. The first-order valence-corrected chi connectivity index (χ1v) is 5.59. The van der Waals surface area contributed by atoms with Crippen molar-refractivity contribution in [3.63, 3.8) is 0 Å². The van der Waals surface area contributed by atoms with Crippen molar-refractivity contribution < 1.29 is 4.74 Å². The number of rotatable bonds is 3. The number of nitrogens with zero attached hydrogens (tertiary/aromatic N) is 1. The van der Waals surface area contributed by atoms with Gasteiger partial charge in [-0.2, -0.15) is 0 Å². The summed E-state index contributed by atoms with van der Waals surface area (Å²) in [5.74, 6) is 1.54. The first-order valence-electron chi connectivity index (χ1n) is 5.59. The van der Waals surface area contributed by atoms with Crippen LogP contribution in [0.3, 0.4) is 0 Å². The van der Waals surface area contributed by atoms with Gasteiger partial charge in [0.15, 0.2) is 0 Å². The molecular formula is C14H16N2O. The van der Waals surface area contributed by atoms with E-state index in [1.54, 1.807) is 12.4 Å². The smallest absolute Gasteiger partial charge is 0.150 e. The van der Waals surface area contributed by atoms with Crippen molar-refractivity contribution in [3.8, 4) is 11.5 Å². The summed E-state index contributed by atoms with van der Waals surface area (Å²) in [7, 11) is 0. The predicted octanol–water partition coefficient (Wildman–Crippen LogP) is 2.95. The lowest BCUT2D eigenvalue weighted by Gasteiger charge is -2.10. The molecule has 1 heterocycles. The van der Waals surface area contributed by atoms with Crippen LogP contribution in [0.25, 0.3) is 0 Å². The lowest BCUT2D eigenvalue weighted by molar-refractivity contribution is 0.473. The molecule has 17 heavy (non-hydrogen) atoms. The first-order chi connectivity index (χ1) is 8.20. The highest BCUT2D eigenvalue weighted by Crippen LogP contribution is 2.25. The molecule has 0 aliphatic heterocycles. The van der Waals surface area contributed by atoms with Gasteiger partial charge >= 0.3 is 0 Å². The van der Waals surface area contributed by atoms with Crippen LogP contribution < -0.4 is 10.5 Å². The predicted molar refractivity (Wildman–Crippen MR) is 68.1 cm³/mol. The lowest BCUT2D eigenvalue weighted by atomic mass is 10.1. The van der Waals surface area contributed by atoms with Gasteiger partial charge < -0.3 is 10.5 Å². The number of ether oxygens (including phenoxy) is 1. The molecule has 88 valence electrons. The summed E-state index contributed by atoms with van der Waals surface area (Å²) in [4.78, 5) is 4.05. The highest BCUT2D eigenvalue weighted by atomic mass is 16.5. The van der Waals surface area contributed by atoms with Crippen molar-refractivity contribution in [1.29, 1.82) is 0 Å². The first kappa shape index (κ1) is 11.6. The van der Waals surface area contributed by atoms with Crippen LogP contribution in [0, 0.1) is 13.8 Å². The van der Waals surface area contributed by atoms with Crippen LogP contribution in [0.1, 0.15) is 16.7 Å². The third-order valence-corrected chi connectivity index (χ3v) is 2.80. The molecule has 2 N–H and O–H groups in total. The van der Waals surface area contributed by atoms with Gasteiger partial charge in [0.2, 0.25) is 0 Å². The summed E-state index contributed by atoms with van der Waals surface area (Å²) in [6, 6.07) is 7.89. The minimum absolute atomic E-state index is 0.447. The quantitative estimate of drug-likeness (QED) is 0.878. The molecule has 0 saturated heterocycles. The van der Waals surface area contributed by atoms with E-state index < -0.39 is 0 Å². The number of aromatic nitrogens is 1. The monoisotopic (exact) mass is 228 g/mol. The Morgan fingerprint density at radius 2 is 2.00 bits per heavy atom. The third kappa shape index (κ3) is 2.63. The molecule has 0 amide bonds. The van der Waals surface area contributed by atoms with Gasteiger partial charge in [-0.1, -0.05) is 6.07 Å². The molecule has 1 aromatic carbocycles. The fraction of sp³-hybridized carbons (Fsp3) is 0.214. The zero-order valence-corrected chi connectivity index (χ0v) is 10.1. The Kier molecular flexibility index (Phi) is 3.40. The van der Waals surface area contributed by atoms with E-state index in [1.165, 1.54) is 11.1 Å². The van der Waals surface area contributed by atoms with Crippen molar-refractivity contribution in [3.05, 3.63) is 53.3 Å². The normalized spacial score (nSPS) is 10.3. The lowest BCUT2D eigenvalue weighted by Crippen LogP contribution is -1.99. The maximum atomic E-state index is 5.79. The van der Waals surface area contributed by atoms with Crippen molar-refractivity contribution in [2.24, 2.45) is 5.73 Å². The highest BCUT2D eigenvalue weighted by Gasteiger charge is 2.04. The van der Waals surface area contributed by atoms with E-state index in [-0.39, 0.29) is 0 Å². The van der Waals surface area contributed by atoms with Gasteiger partial charge in [0.25, 0.3) is 0 Å². The maximum absolute atomic E-state index is 5.79. The molecule has 0 spiro atoms. The number of hydrogen-bond acceptors (Lipinski definition) is 3. The van der Waals surface area contributed by atoms with Crippen molar-refractivity contribution in [2.45, 2.75) is 20.4 Å². The van der Waals surface area contributed by atoms with Gasteiger partial charge in [0.05, 0.1) is 6.20 Å². The number of aryl methyl sites for hydroxylation is 2. The fourth-order valence-electron chi connectivity index (χ4n) is 1.57. The average Bonchev–Trinajstić information content (AvgIpc) is 2.34. The molecular weight excluding hydrogens is 212 g/mol. The molecule has 1 aromatic heterocycles. The van der Waals surface area contributed by atoms with E-state index in [9.17, 15) is 0 Å². The van der Waals surface area contributed by atoms with Crippen LogP contribution in [0.4, 0.5) is 0 Å². The van der Waals surface area contributed by atoms with Gasteiger partial charge in [-0.25, -0.2) is 0 Å². The van der Waals surface area contributed by atoms with Crippen LogP contribution in [-0.2, 0) is 6.54 Å². The van der Waals surface area contributed by atoms with E-state index in [0.29, 0.717) is 6.54 Å². The molecule has 0 bridgehead atoms. The number of pyridine rings is 1. The molecule has 2 aromatic rings. The number of hydrogen-bond donors (Lipinski definition) is 1. The topological polar surface area (TPSA) is 48.1 Å². The zero-order valence-electron chi connectivity index (χ0n) is 10.1. The molecule has 2 rings (SSSR count). The van der Waals surface area contributed by atoms with E-state index in [1.807, 2.05) is 24.3 Å². The SMILES string of the molecule is Cc1ccc(Oc2cnccc2CN)cc1C. The van der Waals surface area contributed by atoms with Crippen LogP contribution in [0.15, 0.2) is 36.7 Å². The molecule has 0 fully saturated rings. The van der Waals surface area contributed by atoms with Gasteiger partial charge in [-0.15, -0.1) is 0 Å². The molecule has 0 saturated carbocycles. The largest absolute Gasteiger partial charge is 0.455 e. The second kappa shape index (κ2) is 4.97. The summed E-state index contributed by atoms with van der Waals surface area (Å²) in [5, 5.41) is 0.